The number of carbonyl (C=O) groups is 1. The Morgan fingerprint density at radius 1 is 1.36 bits per heavy atom. The second kappa shape index (κ2) is 8.30. The van der Waals surface area contributed by atoms with Crippen molar-refractivity contribution in [2.75, 3.05) is 33.2 Å². The van der Waals surface area contributed by atoms with E-state index in [9.17, 15) is 4.79 Å². The topological polar surface area (TPSA) is 52.2 Å². The standard InChI is InChI=1S/C20H28N4O/c1-16-13-21-19(22-16)20(25)24(12-10-17-7-4-3-5-8-17)15-18-9-6-11-23(2)14-18/h3-5,7-8,13,18H,6,9-12,14-15H2,1-2H3,(H,21,22)/t18-/m0/s1. The van der Waals surface area contributed by atoms with Crippen LogP contribution in [-0.4, -0.2) is 58.9 Å². The van der Waals surface area contributed by atoms with Crippen molar-refractivity contribution < 1.29 is 4.79 Å². The first-order chi connectivity index (χ1) is 12.1. The molecule has 1 aromatic heterocycles. The maximum Gasteiger partial charge on any atom is 0.289 e. The van der Waals surface area contributed by atoms with E-state index in [1.807, 2.05) is 30.0 Å². The van der Waals surface area contributed by atoms with Gasteiger partial charge in [0.1, 0.15) is 0 Å². The monoisotopic (exact) mass is 340 g/mol. The number of aryl methyl sites for hydroxylation is 1. The summed E-state index contributed by atoms with van der Waals surface area (Å²) in [4.78, 5) is 24.6. The molecule has 134 valence electrons. The molecule has 0 saturated carbocycles. The molecule has 1 atom stereocenters. The summed E-state index contributed by atoms with van der Waals surface area (Å²) in [6.45, 7) is 5.67. The van der Waals surface area contributed by atoms with E-state index in [0.717, 1.165) is 38.3 Å². The van der Waals surface area contributed by atoms with E-state index in [2.05, 4.69) is 34.0 Å². The first-order valence-electron chi connectivity index (χ1n) is 9.15. The fourth-order valence-electron chi connectivity index (χ4n) is 3.59. The number of H-pyrrole nitrogens is 1. The molecule has 1 aliphatic rings. The van der Waals surface area contributed by atoms with Gasteiger partial charge in [0, 0.05) is 31.5 Å². The maximum atomic E-state index is 13.0. The predicted molar refractivity (Wildman–Crippen MR) is 99.6 cm³/mol. The van der Waals surface area contributed by atoms with Crippen LogP contribution in [-0.2, 0) is 6.42 Å². The van der Waals surface area contributed by atoms with Gasteiger partial charge < -0.3 is 14.8 Å². The number of nitrogens with one attached hydrogen (secondary N) is 1. The molecule has 5 nitrogen and oxygen atoms in total. The Balaban J connectivity index is 1.69. The molecule has 0 bridgehead atoms. The number of piperidine rings is 1. The van der Waals surface area contributed by atoms with Gasteiger partial charge in [0.15, 0.2) is 5.82 Å². The Hall–Kier alpha value is -2.14. The van der Waals surface area contributed by atoms with Gasteiger partial charge in [0.2, 0.25) is 0 Å². The van der Waals surface area contributed by atoms with Crippen LogP contribution in [0.25, 0.3) is 0 Å². The zero-order valence-corrected chi connectivity index (χ0v) is 15.2. The first-order valence-corrected chi connectivity index (χ1v) is 9.15. The number of amides is 1. The van der Waals surface area contributed by atoms with Crippen molar-refractivity contribution in [3.05, 3.63) is 53.6 Å². The molecule has 2 heterocycles. The van der Waals surface area contributed by atoms with Crippen molar-refractivity contribution in [3.8, 4) is 0 Å². The fraction of sp³-hybridized carbons (Fsp3) is 0.500. The molecule has 1 fully saturated rings. The van der Waals surface area contributed by atoms with Gasteiger partial charge >= 0.3 is 0 Å². The number of benzene rings is 1. The number of likely N-dealkylation sites (tertiary alicyclic amines) is 1. The van der Waals surface area contributed by atoms with Crippen molar-refractivity contribution in [2.45, 2.75) is 26.2 Å². The minimum absolute atomic E-state index is 0.0113. The molecule has 3 rings (SSSR count). The van der Waals surface area contributed by atoms with Crippen LogP contribution in [0, 0.1) is 12.8 Å². The molecule has 1 saturated heterocycles. The van der Waals surface area contributed by atoms with Crippen molar-refractivity contribution in [1.29, 1.82) is 0 Å². The molecule has 5 heteroatoms. The van der Waals surface area contributed by atoms with Crippen molar-refractivity contribution in [3.63, 3.8) is 0 Å². The highest BCUT2D eigenvalue weighted by Gasteiger charge is 2.24. The van der Waals surface area contributed by atoms with Crippen LogP contribution in [0.15, 0.2) is 36.5 Å². The van der Waals surface area contributed by atoms with Crippen molar-refractivity contribution in [1.82, 2.24) is 19.8 Å². The number of imidazole rings is 1. The predicted octanol–water partition coefficient (Wildman–Crippen LogP) is 2.74. The van der Waals surface area contributed by atoms with E-state index in [4.69, 9.17) is 0 Å². The Bertz CT molecular complexity index is 682. The summed E-state index contributed by atoms with van der Waals surface area (Å²) >= 11 is 0. The minimum Gasteiger partial charge on any atom is -0.338 e. The number of nitrogens with zero attached hydrogens (tertiary/aromatic N) is 3. The van der Waals surface area contributed by atoms with Crippen molar-refractivity contribution in [2.24, 2.45) is 5.92 Å². The molecule has 25 heavy (non-hydrogen) atoms. The number of aromatic nitrogens is 2. The molecule has 1 N–H and O–H groups in total. The first kappa shape index (κ1) is 17.7. The second-order valence-corrected chi connectivity index (χ2v) is 7.17. The zero-order valence-electron chi connectivity index (χ0n) is 15.2. The molecule has 1 aliphatic heterocycles. The molecule has 1 amide bonds. The number of carbonyl (C=O) groups excluding carboxylic acids is 1. The van der Waals surface area contributed by atoms with E-state index in [1.165, 1.54) is 18.4 Å². The van der Waals surface area contributed by atoms with Crippen LogP contribution in [0.2, 0.25) is 0 Å². The van der Waals surface area contributed by atoms with Gasteiger partial charge in [0.25, 0.3) is 5.91 Å². The number of rotatable bonds is 6. The third-order valence-electron chi connectivity index (χ3n) is 4.91. The van der Waals surface area contributed by atoms with Gasteiger partial charge in [-0.1, -0.05) is 30.3 Å². The highest BCUT2D eigenvalue weighted by atomic mass is 16.2. The minimum atomic E-state index is 0.0113. The quantitative estimate of drug-likeness (QED) is 0.880. The van der Waals surface area contributed by atoms with E-state index < -0.39 is 0 Å². The summed E-state index contributed by atoms with van der Waals surface area (Å²) in [5.74, 6) is 1.00. The second-order valence-electron chi connectivity index (χ2n) is 7.17. The normalized spacial score (nSPS) is 18.2. The molecule has 0 radical (unpaired) electrons. The molecule has 0 unspecified atom stereocenters. The third kappa shape index (κ3) is 4.92. The SMILES string of the molecule is Cc1cnc(C(=O)N(CCc2ccccc2)C[C@H]2CCCN(C)C2)[nH]1. The molecule has 1 aromatic carbocycles. The van der Waals surface area contributed by atoms with Crippen LogP contribution in [0.3, 0.4) is 0 Å². The lowest BCUT2D eigenvalue weighted by molar-refractivity contribution is 0.0682. The van der Waals surface area contributed by atoms with E-state index in [-0.39, 0.29) is 5.91 Å². The van der Waals surface area contributed by atoms with Gasteiger partial charge in [-0.25, -0.2) is 4.98 Å². The highest BCUT2D eigenvalue weighted by molar-refractivity contribution is 5.90. The van der Waals surface area contributed by atoms with Crippen LogP contribution < -0.4 is 0 Å². The molecule has 2 aromatic rings. The van der Waals surface area contributed by atoms with Gasteiger partial charge in [-0.05, 0) is 51.3 Å². The lowest BCUT2D eigenvalue weighted by Crippen LogP contribution is -2.42. The van der Waals surface area contributed by atoms with Crippen LogP contribution >= 0.6 is 0 Å². The Morgan fingerprint density at radius 3 is 2.84 bits per heavy atom. The molecule has 0 spiro atoms. The van der Waals surface area contributed by atoms with Crippen molar-refractivity contribution >= 4 is 5.91 Å². The van der Waals surface area contributed by atoms with Gasteiger partial charge in [-0.3, -0.25) is 4.79 Å². The summed E-state index contributed by atoms with van der Waals surface area (Å²) < 4.78 is 0. The Kier molecular flexibility index (Phi) is 5.87. The molecular formula is C20H28N4O. The average Bonchev–Trinajstić information content (AvgIpc) is 3.05. The summed E-state index contributed by atoms with van der Waals surface area (Å²) in [6, 6.07) is 10.4. The Labute approximate surface area is 150 Å². The number of hydrogen-bond donors (Lipinski definition) is 1. The fourth-order valence-corrected chi connectivity index (χ4v) is 3.59. The third-order valence-corrected chi connectivity index (χ3v) is 4.91. The van der Waals surface area contributed by atoms with E-state index in [0.29, 0.717) is 11.7 Å². The smallest absolute Gasteiger partial charge is 0.289 e. The lowest BCUT2D eigenvalue weighted by Gasteiger charge is -2.33. The highest BCUT2D eigenvalue weighted by Crippen LogP contribution is 2.18. The van der Waals surface area contributed by atoms with Gasteiger partial charge in [-0.2, -0.15) is 0 Å². The lowest BCUT2D eigenvalue weighted by atomic mass is 9.97. The zero-order chi connectivity index (χ0) is 17.6. The summed E-state index contributed by atoms with van der Waals surface area (Å²) in [6.07, 6.45) is 4.99. The molecule has 0 aliphatic carbocycles. The van der Waals surface area contributed by atoms with Gasteiger partial charge in [0.05, 0.1) is 0 Å². The van der Waals surface area contributed by atoms with Gasteiger partial charge in [-0.15, -0.1) is 0 Å². The number of aromatic amines is 1. The summed E-state index contributed by atoms with van der Waals surface area (Å²) in [5, 5.41) is 0. The van der Waals surface area contributed by atoms with Crippen LogP contribution in [0.1, 0.15) is 34.7 Å². The largest absolute Gasteiger partial charge is 0.338 e. The molecular weight excluding hydrogens is 312 g/mol. The summed E-state index contributed by atoms with van der Waals surface area (Å²) in [7, 11) is 2.16. The maximum absolute atomic E-state index is 13.0. The summed E-state index contributed by atoms with van der Waals surface area (Å²) in [5.41, 5.74) is 2.18. The van der Waals surface area contributed by atoms with Crippen LogP contribution in [0.4, 0.5) is 0 Å². The van der Waals surface area contributed by atoms with E-state index in [1.54, 1.807) is 6.20 Å². The number of hydrogen-bond acceptors (Lipinski definition) is 3. The van der Waals surface area contributed by atoms with Crippen LogP contribution in [0.5, 0.6) is 0 Å². The average molecular weight is 340 g/mol. The van der Waals surface area contributed by atoms with E-state index >= 15 is 0 Å². The Morgan fingerprint density at radius 2 is 2.16 bits per heavy atom.